The molecule has 0 radical (unpaired) electrons. The molecular formula is C29H31FN2O4S. The Hall–Kier alpha value is -3.65. The van der Waals surface area contributed by atoms with Crippen molar-refractivity contribution in [3.05, 3.63) is 88.7 Å². The molecule has 1 N–H and O–H groups in total. The number of benzene rings is 3. The maximum atomic E-state index is 15.1. The fourth-order valence-corrected chi connectivity index (χ4v) is 5.43. The monoisotopic (exact) mass is 522 g/mol. The summed E-state index contributed by atoms with van der Waals surface area (Å²) in [6.45, 7) is 8.68. The van der Waals surface area contributed by atoms with Gasteiger partial charge in [0.2, 0.25) is 0 Å². The number of nitrogens with zero attached hydrogens (tertiary/aromatic N) is 1. The number of halogens is 1. The van der Waals surface area contributed by atoms with Gasteiger partial charge in [0.25, 0.3) is 5.91 Å². The molecule has 0 bridgehead atoms. The summed E-state index contributed by atoms with van der Waals surface area (Å²) in [5.74, 6) is -0.516. The molecule has 0 saturated heterocycles. The van der Waals surface area contributed by atoms with Crippen molar-refractivity contribution >= 4 is 21.4 Å². The van der Waals surface area contributed by atoms with Gasteiger partial charge in [0.15, 0.2) is 9.84 Å². The maximum absolute atomic E-state index is 15.1. The van der Waals surface area contributed by atoms with Crippen LogP contribution in [0.3, 0.4) is 0 Å². The molecule has 0 aromatic heterocycles. The summed E-state index contributed by atoms with van der Waals surface area (Å²) in [5, 5.41) is 3.08. The quantitative estimate of drug-likeness (QED) is 0.494. The highest BCUT2D eigenvalue weighted by atomic mass is 32.2. The van der Waals surface area contributed by atoms with Crippen molar-refractivity contribution in [2.24, 2.45) is 0 Å². The predicted octanol–water partition coefficient (Wildman–Crippen LogP) is 4.99. The van der Waals surface area contributed by atoms with Gasteiger partial charge in [-0.3, -0.25) is 4.79 Å². The van der Waals surface area contributed by atoms with Crippen LogP contribution >= 0.6 is 0 Å². The first-order chi connectivity index (χ1) is 17.5. The first kappa shape index (κ1) is 26.4. The van der Waals surface area contributed by atoms with Gasteiger partial charge in [-0.15, -0.1) is 0 Å². The average molecular weight is 523 g/mol. The number of amides is 1. The third-order valence-corrected chi connectivity index (χ3v) is 7.82. The van der Waals surface area contributed by atoms with E-state index in [2.05, 4.69) is 18.0 Å². The summed E-state index contributed by atoms with van der Waals surface area (Å²) in [7, 11) is -1.91. The van der Waals surface area contributed by atoms with E-state index in [-0.39, 0.29) is 30.0 Å². The molecule has 1 heterocycles. The average Bonchev–Trinajstić information content (AvgIpc) is 3.08. The van der Waals surface area contributed by atoms with Gasteiger partial charge in [-0.25, -0.2) is 12.8 Å². The van der Waals surface area contributed by atoms with Crippen LogP contribution in [0.15, 0.2) is 60.0 Å². The second-order valence-corrected chi connectivity index (χ2v) is 11.2. The molecule has 3 aromatic carbocycles. The van der Waals surface area contributed by atoms with Gasteiger partial charge in [0, 0.05) is 42.2 Å². The SMILES string of the molecule is C=C(NC)c1ccc(-c2ccc3c(c2)CN(C(=O)c2ccc(S(C)(=O)=O)c(F)c2CC)CCO3)cc1C. The Morgan fingerprint density at radius 3 is 2.43 bits per heavy atom. The Labute approximate surface area is 217 Å². The molecule has 0 spiro atoms. The van der Waals surface area contributed by atoms with E-state index >= 15 is 4.39 Å². The summed E-state index contributed by atoms with van der Waals surface area (Å²) in [6.07, 6.45) is 1.15. The molecule has 0 fully saturated rings. The number of ether oxygens (including phenoxy) is 1. The lowest BCUT2D eigenvalue weighted by molar-refractivity contribution is 0.0731. The van der Waals surface area contributed by atoms with Gasteiger partial charge in [-0.1, -0.05) is 37.8 Å². The topological polar surface area (TPSA) is 75.7 Å². The number of sulfone groups is 1. The van der Waals surface area contributed by atoms with E-state index in [1.165, 1.54) is 12.1 Å². The Morgan fingerprint density at radius 1 is 1.11 bits per heavy atom. The van der Waals surface area contributed by atoms with E-state index < -0.39 is 20.5 Å². The van der Waals surface area contributed by atoms with Crippen molar-refractivity contribution in [2.45, 2.75) is 31.7 Å². The number of carbonyl (C=O) groups is 1. The molecule has 3 aromatic rings. The van der Waals surface area contributed by atoms with Crippen molar-refractivity contribution in [2.75, 3.05) is 26.5 Å². The minimum absolute atomic E-state index is 0.103. The van der Waals surface area contributed by atoms with Crippen molar-refractivity contribution < 1.29 is 22.3 Å². The van der Waals surface area contributed by atoms with Gasteiger partial charge < -0.3 is 15.0 Å². The van der Waals surface area contributed by atoms with Crippen molar-refractivity contribution in [1.29, 1.82) is 0 Å². The van der Waals surface area contributed by atoms with Crippen LogP contribution in [-0.4, -0.2) is 45.7 Å². The number of nitrogens with one attached hydrogen (secondary N) is 1. The molecule has 4 rings (SSSR count). The Kier molecular flexibility index (Phi) is 7.41. The number of aryl methyl sites for hydroxylation is 1. The summed E-state index contributed by atoms with van der Waals surface area (Å²) in [5.41, 5.74) is 6.11. The molecule has 8 heteroatoms. The van der Waals surface area contributed by atoms with Crippen molar-refractivity contribution in [1.82, 2.24) is 10.2 Å². The normalized spacial score (nSPS) is 13.4. The molecule has 194 valence electrons. The van der Waals surface area contributed by atoms with Crippen LogP contribution in [0.5, 0.6) is 5.75 Å². The summed E-state index contributed by atoms with van der Waals surface area (Å²) < 4.78 is 44.9. The predicted molar refractivity (Wildman–Crippen MR) is 144 cm³/mol. The number of fused-ring (bicyclic) bond motifs is 1. The summed E-state index contributed by atoms with van der Waals surface area (Å²) >= 11 is 0. The molecule has 1 aliphatic rings. The highest BCUT2D eigenvalue weighted by Gasteiger charge is 2.27. The van der Waals surface area contributed by atoms with Crippen LogP contribution in [0, 0.1) is 12.7 Å². The lowest BCUT2D eigenvalue weighted by Crippen LogP contribution is -2.33. The van der Waals surface area contributed by atoms with Crippen molar-refractivity contribution in [3.8, 4) is 16.9 Å². The summed E-state index contributed by atoms with van der Waals surface area (Å²) in [4.78, 5) is 14.8. The number of hydrogen-bond donors (Lipinski definition) is 1. The zero-order valence-corrected chi connectivity index (χ0v) is 22.3. The van der Waals surface area contributed by atoms with Gasteiger partial charge >= 0.3 is 0 Å². The Bertz CT molecular complexity index is 1500. The third-order valence-electron chi connectivity index (χ3n) is 6.71. The standard InChI is InChI=1S/C29H31FN2O4S/c1-6-23-25(10-12-27(28(23)30)37(5,34)35)29(33)32-13-14-36-26-11-8-21(16-22(26)17-32)20-7-9-24(18(2)15-20)19(3)31-4/h7-12,15-16,31H,3,6,13-14,17H2,1-2,4-5H3. The van der Waals surface area contributed by atoms with Gasteiger partial charge in [-0.2, -0.15) is 0 Å². The van der Waals surface area contributed by atoms with E-state index in [9.17, 15) is 13.2 Å². The van der Waals surface area contributed by atoms with Gasteiger partial charge in [-0.05, 0) is 59.9 Å². The number of rotatable bonds is 6. The van der Waals surface area contributed by atoms with Crippen LogP contribution in [0.4, 0.5) is 4.39 Å². The number of hydrogen-bond acceptors (Lipinski definition) is 5. The first-order valence-electron chi connectivity index (χ1n) is 12.1. The van der Waals surface area contributed by atoms with Crippen LogP contribution in [0.1, 0.15) is 39.5 Å². The molecule has 6 nitrogen and oxygen atoms in total. The highest BCUT2D eigenvalue weighted by Crippen LogP contribution is 2.32. The molecule has 0 atom stereocenters. The second kappa shape index (κ2) is 10.4. The molecule has 0 saturated carbocycles. The zero-order chi connectivity index (χ0) is 26.9. The van der Waals surface area contributed by atoms with Gasteiger partial charge in [0.05, 0.1) is 6.54 Å². The zero-order valence-electron chi connectivity index (χ0n) is 21.5. The fourth-order valence-electron chi connectivity index (χ4n) is 4.67. The molecule has 0 unspecified atom stereocenters. The molecule has 0 aliphatic carbocycles. The van der Waals surface area contributed by atoms with Crippen LogP contribution in [-0.2, 0) is 22.8 Å². The highest BCUT2D eigenvalue weighted by molar-refractivity contribution is 7.90. The molecule has 1 aliphatic heterocycles. The molecular weight excluding hydrogens is 491 g/mol. The smallest absolute Gasteiger partial charge is 0.254 e. The summed E-state index contributed by atoms with van der Waals surface area (Å²) in [6, 6.07) is 14.7. The van der Waals surface area contributed by atoms with E-state index in [0.717, 1.165) is 39.8 Å². The maximum Gasteiger partial charge on any atom is 0.254 e. The van der Waals surface area contributed by atoms with E-state index in [4.69, 9.17) is 4.74 Å². The molecule has 37 heavy (non-hydrogen) atoms. The van der Waals surface area contributed by atoms with Crippen LogP contribution in [0.25, 0.3) is 16.8 Å². The van der Waals surface area contributed by atoms with E-state index in [1.807, 2.05) is 44.3 Å². The van der Waals surface area contributed by atoms with Crippen LogP contribution < -0.4 is 10.1 Å². The Morgan fingerprint density at radius 2 is 1.78 bits per heavy atom. The minimum Gasteiger partial charge on any atom is -0.491 e. The van der Waals surface area contributed by atoms with E-state index in [0.29, 0.717) is 18.9 Å². The minimum atomic E-state index is -3.75. The van der Waals surface area contributed by atoms with E-state index in [1.54, 1.807) is 11.8 Å². The second-order valence-electron chi connectivity index (χ2n) is 9.19. The van der Waals surface area contributed by atoms with Gasteiger partial charge in [0.1, 0.15) is 23.1 Å². The van der Waals surface area contributed by atoms with Crippen LogP contribution in [0.2, 0.25) is 0 Å². The third kappa shape index (κ3) is 5.25. The lowest BCUT2D eigenvalue weighted by atomic mass is 9.97. The lowest BCUT2D eigenvalue weighted by Gasteiger charge is -2.22. The van der Waals surface area contributed by atoms with Crippen molar-refractivity contribution in [3.63, 3.8) is 0 Å². The first-order valence-corrected chi connectivity index (χ1v) is 14.0. The molecule has 1 amide bonds. The Balaban J connectivity index is 1.67. The largest absolute Gasteiger partial charge is 0.491 e. The fraction of sp³-hybridized carbons (Fsp3) is 0.276. The number of carbonyl (C=O) groups excluding carboxylic acids is 1.